The molecule has 4 heteroatoms. The highest BCUT2D eigenvalue weighted by Gasteiger charge is 2.14. The van der Waals surface area contributed by atoms with Crippen molar-refractivity contribution < 1.29 is 5.11 Å². The predicted molar refractivity (Wildman–Crippen MR) is 89.0 cm³/mol. The van der Waals surface area contributed by atoms with Crippen molar-refractivity contribution in [3.8, 4) is 0 Å². The summed E-state index contributed by atoms with van der Waals surface area (Å²) in [6.45, 7) is 6.70. The number of benzene rings is 1. The quantitative estimate of drug-likeness (QED) is 0.723. The third-order valence-corrected chi connectivity index (χ3v) is 4.19. The minimum absolute atomic E-state index is 0.269. The summed E-state index contributed by atoms with van der Waals surface area (Å²) in [7, 11) is 2.01. The van der Waals surface area contributed by atoms with Gasteiger partial charge in [0.2, 0.25) is 0 Å². The number of aliphatic hydroxyl groups excluding tert-OH is 1. The topological polar surface area (TPSA) is 35.5 Å². The van der Waals surface area contributed by atoms with E-state index < -0.39 is 0 Å². The SMILES string of the molecule is CNC(CCN(CCCO)C(C)C)c1ccc(Br)cc1. The van der Waals surface area contributed by atoms with Crippen molar-refractivity contribution in [2.45, 2.75) is 38.8 Å². The molecule has 0 heterocycles. The Hall–Kier alpha value is -0.420. The van der Waals surface area contributed by atoms with E-state index in [-0.39, 0.29) is 6.61 Å². The van der Waals surface area contributed by atoms with Crippen molar-refractivity contribution in [1.82, 2.24) is 10.2 Å². The summed E-state index contributed by atoms with van der Waals surface area (Å²) in [5.41, 5.74) is 1.32. The van der Waals surface area contributed by atoms with Crippen LogP contribution < -0.4 is 5.32 Å². The van der Waals surface area contributed by atoms with Gasteiger partial charge in [0.05, 0.1) is 0 Å². The van der Waals surface area contributed by atoms with Gasteiger partial charge < -0.3 is 15.3 Å². The molecular weight excluding hydrogens is 316 g/mol. The molecular formula is C16H27BrN2O. The van der Waals surface area contributed by atoms with E-state index in [1.165, 1.54) is 5.56 Å². The minimum atomic E-state index is 0.269. The molecule has 3 nitrogen and oxygen atoms in total. The van der Waals surface area contributed by atoms with Crippen LogP contribution in [0.5, 0.6) is 0 Å². The van der Waals surface area contributed by atoms with Crippen molar-refractivity contribution in [3.05, 3.63) is 34.3 Å². The standard InChI is InChI=1S/C16H27BrN2O/c1-13(2)19(10-4-12-20)11-9-16(18-3)14-5-7-15(17)8-6-14/h5-8,13,16,18,20H,4,9-12H2,1-3H3. The van der Waals surface area contributed by atoms with Crippen LogP contribution >= 0.6 is 15.9 Å². The molecule has 0 aliphatic rings. The fraction of sp³-hybridized carbons (Fsp3) is 0.625. The third-order valence-electron chi connectivity index (χ3n) is 3.66. The summed E-state index contributed by atoms with van der Waals surface area (Å²) in [5.74, 6) is 0. The first-order valence-corrected chi connectivity index (χ1v) is 8.15. The Bertz CT molecular complexity index is 367. The van der Waals surface area contributed by atoms with Gasteiger partial charge in [-0.3, -0.25) is 0 Å². The van der Waals surface area contributed by atoms with Gasteiger partial charge in [-0.15, -0.1) is 0 Å². The van der Waals surface area contributed by atoms with Crippen LogP contribution in [0.2, 0.25) is 0 Å². The lowest BCUT2D eigenvalue weighted by atomic mass is 10.0. The first-order valence-electron chi connectivity index (χ1n) is 7.36. The number of rotatable bonds is 9. The Morgan fingerprint density at radius 2 is 1.85 bits per heavy atom. The van der Waals surface area contributed by atoms with E-state index in [0.717, 1.165) is 30.4 Å². The zero-order chi connectivity index (χ0) is 15.0. The highest BCUT2D eigenvalue weighted by molar-refractivity contribution is 9.10. The van der Waals surface area contributed by atoms with Crippen molar-refractivity contribution in [2.75, 3.05) is 26.7 Å². The van der Waals surface area contributed by atoms with Crippen LogP contribution in [0.4, 0.5) is 0 Å². The second kappa shape index (κ2) is 9.50. The van der Waals surface area contributed by atoms with Gasteiger partial charge >= 0.3 is 0 Å². The van der Waals surface area contributed by atoms with Crippen LogP contribution in [-0.4, -0.2) is 42.8 Å². The number of nitrogens with zero attached hydrogens (tertiary/aromatic N) is 1. The van der Waals surface area contributed by atoms with Gasteiger partial charge in [-0.2, -0.15) is 0 Å². The maximum absolute atomic E-state index is 8.98. The van der Waals surface area contributed by atoms with Crippen LogP contribution in [0, 0.1) is 0 Å². The first kappa shape index (κ1) is 17.6. The van der Waals surface area contributed by atoms with Gasteiger partial charge in [-0.1, -0.05) is 28.1 Å². The highest BCUT2D eigenvalue weighted by Crippen LogP contribution is 2.20. The van der Waals surface area contributed by atoms with Crippen molar-refractivity contribution in [3.63, 3.8) is 0 Å². The molecule has 0 saturated heterocycles. The number of hydrogen-bond donors (Lipinski definition) is 2. The van der Waals surface area contributed by atoms with Crippen molar-refractivity contribution >= 4 is 15.9 Å². The monoisotopic (exact) mass is 342 g/mol. The number of halogens is 1. The van der Waals surface area contributed by atoms with Gasteiger partial charge in [0.25, 0.3) is 0 Å². The van der Waals surface area contributed by atoms with Crippen LogP contribution in [0.15, 0.2) is 28.7 Å². The molecule has 0 radical (unpaired) electrons. The molecule has 0 aromatic heterocycles. The molecule has 1 unspecified atom stereocenters. The molecule has 1 aromatic carbocycles. The maximum atomic E-state index is 8.98. The van der Waals surface area contributed by atoms with E-state index >= 15 is 0 Å². The molecule has 1 rings (SSSR count). The molecule has 1 aromatic rings. The van der Waals surface area contributed by atoms with Gasteiger partial charge in [0.15, 0.2) is 0 Å². The summed E-state index contributed by atoms with van der Waals surface area (Å²) in [6, 6.07) is 9.40. The summed E-state index contributed by atoms with van der Waals surface area (Å²) in [6.07, 6.45) is 1.92. The lowest BCUT2D eigenvalue weighted by molar-refractivity contribution is 0.184. The van der Waals surface area contributed by atoms with E-state index in [1.54, 1.807) is 0 Å². The summed E-state index contributed by atoms with van der Waals surface area (Å²) in [4.78, 5) is 2.43. The predicted octanol–water partition coefficient (Wildman–Crippen LogP) is 3.19. The minimum Gasteiger partial charge on any atom is -0.396 e. The van der Waals surface area contributed by atoms with Crippen LogP contribution in [0.3, 0.4) is 0 Å². The van der Waals surface area contributed by atoms with Crippen LogP contribution in [-0.2, 0) is 0 Å². The van der Waals surface area contributed by atoms with Gasteiger partial charge in [0.1, 0.15) is 0 Å². The molecule has 0 aliphatic heterocycles. The average Bonchev–Trinajstić information content (AvgIpc) is 2.44. The number of nitrogens with one attached hydrogen (secondary N) is 1. The van der Waals surface area contributed by atoms with E-state index in [0.29, 0.717) is 12.1 Å². The average molecular weight is 343 g/mol. The van der Waals surface area contributed by atoms with Crippen LogP contribution in [0.25, 0.3) is 0 Å². The van der Waals surface area contributed by atoms with Crippen molar-refractivity contribution in [2.24, 2.45) is 0 Å². The smallest absolute Gasteiger partial charge is 0.0443 e. The highest BCUT2D eigenvalue weighted by atomic mass is 79.9. The zero-order valence-corrected chi connectivity index (χ0v) is 14.4. The van der Waals surface area contributed by atoms with Gasteiger partial charge in [-0.05, 0) is 51.4 Å². The van der Waals surface area contributed by atoms with E-state index in [9.17, 15) is 0 Å². The Kier molecular flexibility index (Phi) is 8.38. The summed E-state index contributed by atoms with van der Waals surface area (Å²) in [5, 5.41) is 12.4. The zero-order valence-electron chi connectivity index (χ0n) is 12.8. The lowest BCUT2D eigenvalue weighted by Gasteiger charge is -2.28. The molecule has 2 N–H and O–H groups in total. The van der Waals surface area contributed by atoms with Gasteiger partial charge in [-0.25, -0.2) is 0 Å². The van der Waals surface area contributed by atoms with E-state index in [4.69, 9.17) is 5.11 Å². The van der Waals surface area contributed by atoms with Crippen molar-refractivity contribution in [1.29, 1.82) is 0 Å². The third kappa shape index (κ3) is 5.92. The normalized spacial score (nSPS) is 13.2. The number of hydrogen-bond acceptors (Lipinski definition) is 3. The molecule has 114 valence electrons. The second-order valence-corrected chi connectivity index (χ2v) is 6.30. The molecule has 20 heavy (non-hydrogen) atoms. The maximum Gasteiger partial charge on any atom is 0.0443 e. The number of aliphatic hydroxyl groups is 1. The summed E-state index contributed by atoms with van der Waals surface area (Å²) < 4.78 is 1.11. The van der Waals surface area contributed by atoms with Crippen LogP contribution in [0.1, 0.15) is 38.3 Å². The van der Waals surface area contributed by atoms with Gasteiger partial charge in [0, 0.05) is 36.3 Å². The molecule has 1 atom stereocenters. The summed E-state index contributed by atoms with van der Waals surface area (Å²) >= 11 is 3.47. The molecule has 0 spiro atoms. The van der Waals surface area contributed by atoms with E-state index in [2.05, 4.69) is 64.3 Å². The van der Waals surface area contributed by atoms with E-state index in [1.807, 2.05) is 7.05 Å². The second-order valence-electron chi connectivity index (χ2n) is 5.39. The molecule has 0 aliphatic carbocycles. The Balaban J connectivity index is 2.56. The molecule has 0 fully saturated rings. The largest absolute Gasteiger partial charge is 0.396 e. The fourth-order valence-corrected chi connectivity index (χ4v) is 2.63. The first-order chi connectivity index (χ1) is 9.58. The Labute approximate surface area is 131 Å². The fourth-order valence-electron chi connectivity index (χ4n) is 2.37. The Morgan fingerprint density at radius 1 is 1.20 bits per heavy atom. The lowest BCUT2D eigenvalue weighted by Crippen LogP contribution is -2.35. The molecule has 0 saturated carbocycles. The molecule has 0 bridgehead atoms. The molecule has 0 amide bonds. The Morgan fingerprint density at radius 3 is 2.35 bits per heavy atom.